The molecule has 1 aromatic carbocycles. The molecule has 6 heteroatoms. The van der Waals surface area contributed by atoms with E-state index in [0.29, 0.717) is 24.3 Å². The maximum atomic E-state index is 11.9. The Morgan fingerprint density at radius 2 is 1.90 bits per heavy atom. The Balaban J connectivity index is 2.08. The number of aromatic nitrogens is 1. The minimum absolute atomic E-state index is 0.132. The maximum absolute atomic E-state index is 11.9. The fourth-order valence-electron chi connectivity index (χ4n) is 1.82. The van der Waals surface area contributed by atoms with Gasteiger partial charge in [0.1, 0.15) is 5.69 Å². The van der Waals surface area contributed by atoms with Gasteiger partial charge in [-0.2, -0.15) is 0 Å². The van der Waals surface area contributed by atoms with Crippen LogP contribution in [0.25, 0.3) is 10.9 Å². The van der Waals surface area contributed by atoms with Crippen molar-refractivity contribution in [2.24, 2.45) is 0 Å². The molecular formula is C14H16N4O2. The number of hydrogen-bond acceptors (Lipinski definition) is 4. The molecule has 4 N–H and O–H groups in total. The number of nitrogens with zero attached hydrogens (tertiary/aromatic N) is 1. The lowest BCUT2D eigenvalue weighted by Gasteiger charge is -2.07. The van der Waals surface area contributed by atoms with Crippen LogP contribution < -0.4 is 16.4 Å². The number of amides is 2. The summed E-state index contributed by atoms with van der Waals surface area (Å²) in [5, 5.41) is 6.09. The number of nitrogens with one attached hydrogen (secondary N) is 2. The predicted molar refractivity (Wildman–Crippen MR) is 77.2 cm³/mol. The zero-order chi connectivity index (χ0) is 14.5. The monoisotopic (exact) mass is 272 g/mol. The lowest BCUT2D eigenvalue weighted by atomic mass is 10.1. The van der Waals surface area contributed by atoms with Crippen molar-refractivity contribution in [1.29, 1.82) is 0 Å². The number of anilines is 1. The molecule has 0 aliphatic carbocycles. The molecule has 1 heterocycles. The summed E-state index contributed by atoms with van der Waals surface area (Å²) in [5.41, 5.74) is 7.38. The van der Waals surface area contributed by atoms with Gasteiger partial charge in [0.15, 0.2) is 0 Å². The summed E-state index contributed by atoms with van der Waals surface area (Å²) in [6.45, 7) is 2.14. The van der Waals surface area contributed by atoms with Gasteiger partial charge in [0.2, 0.25) is 5.91 Å². The van der Waals surface area contributed by atoms with Crippen molar-refractivity contribution in [2.75, 3.05) is 18.8 Å². The first kappa shape index (κ1) is 13.8. The number of pyridine rings is 1. The molecule has 104 valence electrons. The minimum atomic E-state index is -0.312. The quantitative estimate of drug-likeness (QED) is 0.713. The second-order valence-electron chi connectivity index (χ2n) is 4.35. The normalized spacial score (nSPS) is 10.2. The first-order valence-electron chi connectivity index (χ1n) is 6.26. The zero-order valence-electron chi connectivity index (χ0n) is 11.1. The Hall–Kier alpha value is -2.63. The van der Waals surface area contributed by atoms with Crippen LogP contribution in [0, 0.1) is 0 Å². The van der Waals surface area contributed by atoms with Crippen molar-refractivity contribution in [3.8, 4) is 0 Å². The van der Waals surface area contributed by atoms with E-state index in [9.17, 15) is 9.59 Å². The van der Waals surface area contributed by atoms with Gasteiger partial charge in [0.25, 0.3) is 5.91 Å². The Labute approximate surface area is 116 Å². The van der Waals surface area contributed by atoms with E-state index in [0.717, 1.165) is 5.39 Å². The molecule has 2 rings (SSSR count). The van der Waals surface area contributed by atoms with Gasteiger partial charge in [-0.15, -0.1) is 0 Å². The van der Waals surface area contributed by atoms with Gasteiger partial charge in [-0.1, -0.05) is 18.2 Å². The van der Waals surface area contributed by atoms with Crippen LogP contribution in [-0.2, 0) is 4.79 Å². The summed E-state index contributed by atoms with van der Waals surface area (Å²) in [6.07, 6.45) is 0. The zero-order valence-corrected chi connectivity index (χ0v) is 11.1. The van der Waals surface area contributed by atoms with Crippen molar-refractivity contribution < 1.29 is 9.59 Å². The molecule has 0 saturated heterocycles. The molecule has 0 spiro atoms. The SMILES string of the molecule is CC(=O)NCCNC(=O)c1cc(N)c2ccccc2n1. The number of para-hydroxylation sites is 1. The van der Waals surface area contributed by atoms with Gasteiger partial charge in [-0.25, -0.2) is 4.98 Å². The molecule has 0 aliphatic rings. The molecule has 0 atom stereocenters. The number of hydrogen-bond donors (Lipinski definition) is 3. The predicted octanol–water partition coefficient (Wildman–Crippen LogP) is 0.683. The van der Waals surface area contributed by atoms with E-state index >= 15 is 0 Å². The number of rotatable bonds is 4. The summed E-state index contributed by atoms with van der Waals surface area (Å²) in [5.74, 6) is -0.444. The Morgan fingerprint density at radius 1 is 1.20 bits per heavy atom. The average Bonchev–Trinajstić information content (AvgIpc) is 2.43. The van der Waals surface area contributed by atoms with Crippen molar-refractivity contribution in [1.82, 2.24) is 15.6 Å². The van der Waals surface area contributed by atoms with Crippen molar-refractivity contribution in [2.45, 2.75) is 6.92 Å². The largest absolute Gasteiger partial charge is 0.398 e. The smallest absolute Gasteiger partial charge is 0.270 e. The first-order valence-corrected chi connectivity index (χ1v) is 6.26. The number of benzene rings is 1. The summed E-state index contributed by atoms with van der Waals surface area (Å²) >= 11 is 0. The van der Waals surface area contributed by atoms with Crippen LogP contribution in [0.3, 0.4) is 0 Å². The number of fused-ring (bicyclic) bond motifs is 1. The fourth-order valence-corrected chi connectivity index (χ4v) is 1.82. The Kier molecular flexibility index (Phi) is 4.14. The van der Waals surface area contributed by atoms with Gasteiger partial charge >= 0.3 is 0 Å². The molecule has 0 fully saturated rings. The van der Waals surface area contributed by atoms with Crippen molar-refractivity contribution in [3.63, 3.8) is 0 Å². The Morgan fingerprint density at radius 3 is 2.65 bits per heavy atom. The van der Waals surface area contributed by atoms with Crippen molar-refractivity contribution >= 4 is 28.4 Å². The Bertz CT molecular complexity index is 655. The van der Waals surface area contributed by atoms with E-state index in [1.54, 1.807) is 12.1 Å². The van der Waals surface area contributed by atoms with E-state index in [4.69, 9.17) is 5.73 Å². The van der Waals surface area contributed by atoms with Crippen LogP contribution in [-0.4, -0.2) is 29.9 Å². The van der Waals surface area contributed by atoms with Crippen LogP contribution in [0.5, 0.6) is 0 Å². The molecule has 20 heavy (non-hydrogen) atoms. The highest BCUT2D eigenvalue weighted by atomic mass is 16.2. The molecule has 0 saturated carbocycles. The highest BCUT2D eigenvalue weighted by Crippen LogP contribution is 2.19. The topological polar surface area (TPSA) is 97.1 Å². The van der Waals surface area contributed by atoms with Gasteiger partial charge in [-0.3, -0.25) is 9.59 Å². The molecule has 2 aromatic rings. The first-order chi connectivity index (χ1) is 9.58. The average molecular weight is 272 g/mol. The van der Waals surface area contributed by atoms with Crippen LogP contribution in [0.2, 0.25) is 0 Å². The number of nitrogen functional groups attached to an aromatic ring is 1. The third kappa shape index (κ3) is 3.23. The molecule has 0 bridgehead atoms. The van der Waals surface area contributed by atoms with Crippen LogP contribution in [0.1, 0.15) is 17.4 Å². The fraction of sp³-hybridized carbons (Fsp3) is 0.214. The number of carbonyl (C=O) groups excluding carboxylic acids is 2. The van der Waals surface area contributed by atoms with Gasteiger partial charge in [0, 0.05) is 31.1 Å². The lowest BCUT2D eigenvalue weighted by Crippen LogP contribution is -2.34. The van der Waals surface area contributed by atoms with Crippen molar-refractivity contribution in [3.05, 3.63) is 36.0 Å². The van der Waals surface area contributed by atoms with Crippen LogP contribution in [0.15, 0.2) is 30.3 Å². The second kappa shape index (κ2) is 6.01. The molecule has 0 aliphatic heterocycles. The number of nitrogens with two attached hydrogens (primary N) is 1. The maximum Gasteiger partial charge on any atom is 0.270 e. The third-order valence-corrected chi connectivity index (χ3v) is 2.77. The molecular weight excluding hydrogens is 256 g/mol. The lowest BCUT2D eigenvalue weighted by molar-refractivity contribution is -0.118. The molecule has 6 nitrogen and oxygen atoms in total. The van der Waals surface area contributed by atoms with Gasteiger partial charge in [0.05, 0.1) is 5.52 Å². The number of carbonyl (C=O) groups is 2. The third-order valence-electron chi connectivity index (χ3n) is 2.77. The van der Waals surface area contributed by atoms with Crippen LogP contribution >= 0.6 is 0 Å². The molecule has 0 radical (unpaired) electrons. The van der Waals surface area contributed by atoms with E-state index in [1.165, 1.54) is 6.92 Å². The van der Waals surface area contributed by atoms with Crippen LogP contribution in [0.4, 0.5) is 5.69 Å². The standard InChI is InChI=1S/C14H16N4O2/c1-9(19)16-6-7-17-14(20)13-8-11(15)10-4-2-3-5-12(10)18-13/h2-5,8H,6-7H2,1H3,(H2,15,18)(H,16,19)(H,17,20). The van der Waals surface area contributed by atoms with E-state index in [-0.39, 0.29) is 17.5 Å². The van der Waals surface area contributed by atoms with E-state index < -0.39 is 0 Å². The summed E-state index contributed by atoms with van der Waals surface area (Å²) in [6, 6.07) is 8.92. The molecule has 1 aromatic heterocycles. The van der Waals surface area contributed by atoms with Gasteiger partial charge in [-0.05, 0) is 12.1 Å². The van der Waals surface area contributed by atoms with E-state index in [2.05, 4.69) is 15.6 Å². The summed E-state index contributed by atoms with van der Waals surface area (Å²) < 4.78 is 0. The second-order valence-corrected chi connectivity index (χ2v) is 4.35. The summed E-state index contributed by atoms with van der Waals surface area (Å²) in [4.78, 5) is 26.9. The highest BCUT2D eigenvalue weighted by Gasteiger charge is 2.10. The molecule has 0 unspecified atom stereocenters. The molecule has 2 amide bonds. The summed E-state index contributed by atoms with van der Waals surface area (Å²) in [7, 11) is 0. The minimum Gasteiger partial charge on any atom is -0.398 e. The van der Waals surface area contributed by atoms with E-state index in [1.807, 2.05) is 18.2 Å². The van der Waals surface area contributed by atoms with Gasteiger partial charge < -0.3 is 16.4 Å². The highest BCUT2D eigenvalue weighted by molar-refractivity contribution is 5.99.